The third-order valence-corrected chi connectivity index (χ3v) is 4.22. The van der Waals surface area contributed by atoms with Crippen molar-refractivity contribution in [2.75, 3.05) is 39.4 Å². The Morgan fingerprint density at radius 3 is 2.26 bits per heavy atom. The SMILES string of the molecule is CC(C)(C)N1C[C@H]2CN(C(=O)OCCCO)C[C@H]2C1. The molecule has 0 bridgehead atoms. The van der Waals surface area contributed by atoms with Gasteiger partial charge in [0.25, 0.3) is 0 Å². The molecule has 0 aromatic heterocycles. The number of rotatable bonds is 3. The number of aliphatic hydroxyl groups is 1. The summed E-state index contributed by atoms with van der Waals surface area (Å²) in [6.45, 7) is 10.9. The fourth-order valence-electron chi connectivity index (χ4n) is 3.01. The molecule has 2 heterocycles. The number of carbonyl (C=O) groups is 1. The molecule has 0 radical (unpaired) electrons. The zero-order valence-corrected chi connectivity index (χ0v) is 12.3. The number of hydrogen-bond donors (Lipinski definition) is 1. The maximum absolute atomic E-state index is 11.8. The summed E-state index contributed by atoms with van der Waals surface area (Å²) in [5, 5.41) is 8.67. The van der Waals surface area contributed by atoms with Crippen LogP contribution in [0.25, 0.3) is 0 Å². The Kier molecular flexibility index (Phi) is 4.36. The van der Waals surface area contributed by atoms with Gasteiger partial charge in [0.15, 0.2) is 0 Å². The van der Waals surface area contributed by atoms with Crippen LogP contribution in [-0.4, -0.2) is 65.9 Å². The van der Waals surface area contributed by atoms with Gasteiger partial charge in [0.1, 0.15) is 0 Å². The molecule has 2 rings (SSSR count). The van der Waals surface area contributed by atoms with Crippen molar-refractivity contribution in [2.24, 2.45) is 11.8 Å². The Labute approximate surface area is 115 Å². The summed E-state index contributed by atoms with van der Waals surface area (Å²) < 4.78 is 5.14. The molecule has 5 nitrogen and oxygen atoms in total. The van der Waals surface area contributed by atoms with Crippen molar-refractivity contribution in [3.05, 3.63) is 0 Å². The van der Waals surface area contributed by atoms with Crippen molar-refractivity contribution < 1.29 is 14.6 Å². The monoisotopic (exact) mass is 270 g/mol. The van der Waals surface area contributed by atoms with Crippen LogP contribution in [0.4, 0.5) is 4.79 Å². The molecule has 2 atom stereocenters. The van der Waals surface area contributed by atoms with E-state index >= 15 is 0 Å². The van der Waals surface area contributed by atoms with E-state index in [1.807, 2.05) is 4.90 Å². The largest absolute Gasteiger partial charge is 0.449 e. The van der Waals surface area contributed by atoms with Crippen LogP contribution in [0, 0.1) is 11.8 Å². The molecular formula is C14H26N2O3. The summed E-state index contributed by atoms with van der Waals surface area (Å²) in [6, 6.07) is 0. The predicted molar refractivity (Wildman–Crippen MR) is 72.9 cm³/mol. The molecule has 1 amide bonds. The zero-order chi connectivity index (χ0) is 14.0. The molecule has 0 saturated carbocycles. The van der Waals surface area contributed by atoms with Crippen molar-refractivity contribution in [2.45, 2.75) is 32.7 Å². The van der Waals surface area contributed by atoms with E-state index in [4.69, 9.17) is 9.84 Å². The molecular weight excluding hydrogens is 244 g/mol. The van der Waals surface area contributed by atoms with Crippen LogP contribution in [0.1, 0.15) is 27.2 Å². The highest BCUT2D eigenvalue weighted by Crippen LogP contribution is 2.34. The van der Waals surface area contributed by atoms with Gasteiger partial charge in [-0.3, -0.25) is 4.90 Å². The van der Waals surface area contributed by atoms with Crippen LogP contribution in [0.3, 0.4) is 0 Å². The highest BCUT2D eigenvalue weighted by molar-refractivity contribution is 5.68. The molecule has 0 spiro atoms. The molecule has 2 saturated heterocycles. The zero-order valence-electron chi connectivity index (χ0n) is 12.3. The third kappa shape index (κ3) is 3.39. The molecule has 1 N–H and O–H groups in total. The van der Waals surface area contributed by atoms with Crippen molar-refractivity contribution in [1.29, 1.82) is 0 Å². The highest BCUT2D eigenvalue weighted by Gasteiger charge is 2.44. The smallest absolute Gasteiger partial charge is 0.409 e. The lowest BCUT2D eigenvalue weighted by atomic mass is 10.0. The van der Waals surface area contributed by atoms with E-state index in [-0.39, 0.29) is 18.2 Å². The number of hydrogen-bond acceptors (Lipinski definition) is 4. The van der Waals surface area contributed by atoms with E-state index in [9.17, 15) is 4.79 Å². The molecule has 2 aliphatic heterocycles. The number of fused-ring (bicyclic) bond motifs is 1. The average Bonchev–Trinajstić information content (AvgIpc) is 2.85. The quantitative estimate of drug-likeness (QED) is 0.782. The van der Waals surface area contributed by atoms with E-state index in [2.05, 4.69) is 25.7 Å². The van der Waals surface area contributed by atoms with Crippen LogP contribution < -0.4 is 0 Å². The predicted octanol–water partition coefficient (Wildman–Crippen LogP) is 1.17. The summed E-state index contributed by atoms with van der Waals surface area (Å²) in [6.07, 6.45) is 0.301. The van der Waals surface area contributed by atoms with Crippen molar-refractivity contribution in [3.8, 4) is 0 Å². The Hall–Kier alpha value is -0.810. The third-order valence-electron chi connectivity index (χ3n) is 4.22. The van der Waals surface area contributed by atoms with E-state index < -0.39 is 0 Å². The van der Waals surface area contributed by atoms with Crippen molar-refractivity contribution >= 4 is 6.09 Å². The summed E-state index contributed by atoms with van der Waals surface area (Å²) in [4.78, 5) is 16.2. The first-order valence-corrected chi connectivity index (χ1v) is 7.19. The maximum atomic E-state index is 11.8. The molecule has 2 aliphatic rings. The normalized spacial score (nSPS) is 27.7. The second kappa shape index (κ2) is 5.67. The van der Waals surface area contributed by atoms with Gasteiger partial charge in [-0.25, -0.2) is 4.79 Å². The maximum Gasteiger partial charge on any atom is 0.409 e. The lowest BCUT2D eigenvalue weighted by Gasteiger charge is -2.33. The van der Waals surface area contributed by atoms with E-state index in [0.717, 1.165) is 26.2 Å². The van der Waals surface area contributed by atoms with Gasteiger partial charge >= 0.3 is 6.09 Å². The van der Waals surface area contributed by atoms with Gasteiger partial charge in [0.05, 0.1) is 6.61 Å². The van der Waals surface area contributed by atoms with E-state index in [1.54, 1.807) is 0 Å². The molecule has 5 heteroatoms. The van der Waals surface area contributed by atoms with Gasteiger partial charge in [-0.15, -0.1) is 0 Å². The Morgan fingerprint density at radius 1 is 1.21 bits per heavy atom. The lowest BCUT2D eigenvalue weighted by molar-refractivity contribution is 0.0951. The number of likely N-dealkylation sites (tertiary alicyclic amines) is 2. The first kappa shape index (κ1) is 14.6. The first-order valence-electron chi connectivity index (χ1n) is 7.19. The second-order valence-corrected chi connectivity index (χ2v) is 6.69. The van der Waals surface area contributed by atoms with Gasteiger partial charge in [-0.2, -0.15) is 0 Å². The molecule has 0 aromatic rings. The molecule has 0 aromatic carbocycles. The molecule has 0 unspecified atom stereocenters. The van der Waals surface area contributed by atoms with Crippen LogP contribution in [0.2, 0.25) is 0 Å². The van der Waals surface area contributed by atoms with Gasteiger partial charge < -0.3 is 14.7 Å². The van der Waals surface area contributed by atoms with Gasteiger partial charge in [0, 0.05) is 44.7 Å². The van der Waals surface area contributed by atoms with Crippen LogP contribution in [0.15, 0.2) is 0 Å². The minimum Gasteiger partial charge on any atom is -0.449 e. The summed E-state index contributed by atoms with van der Waals surface area (Å²) in [7, 11) is 0. The Bertz CT molecular complexity index is 313. The van der Waals surface area contributed by atoms with E-state index in [0.29, 0.717) is 24.9 Å². The first-order chi connectivity index (χ1) is 8.91. The summed E-state index contributed by atoms with van der Waals surface area (Å²) >= 11 is 0. The topological polar surface area (TPSA) is 53.0 Å². The van der Waals surface area contributed by atoms with Gasteiger partial charge in [0.2, 0.25) is 0 Å². The van der Waals surface area contributed by atoms with Gasteiger partial charge in [-0.05, 0) is 32.6 Å². The van der Waals surface area contributed by atoms with Crippen LogP contribution in [0.5, 0.6) is 0 Å². The second-order valence-electron chi connectivity index (χ2n) is 6.69. The fourth-order valence-corrected chi connectivity index (χ4v) is 3.01. The Morgan fingerprint density at radius 2 is 1.79 bits per heavy atom. The van der Waals surface area contributed by atoms with Crippen molar-refractivity contribution in [3.63, 3.8) is 0 Å². The number of nitrogens with zero attached hydrogens (tertiary/aromatic N) is 2. The number of aliphatic hydroxyl groups excluding tert-OH is 1. The number of ether oxygens (including phenoxy) is 1. The fraction of sp³-hybridized carbons (Fsp3) is 0.929. The van der Waals surface area contributed by atoms with Crippen LogP contribution in [-0.2, 0) is 4.74 Å². The molecule has 0 aliphatic carbocycles. The molecule has 2 fully saturated rings. The standard InChI is InChI=1S/C14H26N2O3/c1-14(2,3)16-9-11-7-15(8-12(11)10-16)13(18)19-6-4-5-17/h11-12,17H,4-10H2,1-3H3/t11-,12+. The minimum atomic E-state index is -0.217. The van der Waals surface area contributed by atoms with E-state index in [1.165, 1.54) is 0 Å². The lowest BCUT2D eigenvalue weighted by Crippen LogP contribution is -2.42. The minimum absolute atomic E-state index is 0.0685. The Balaban J connectivity index is 1.79. The van der Waals surface area contributed by atoms with Crippen LogP contribution >= 0.6 is 0 Å². The van der Waals surface area contributed by atoms with Gasteiger partial charge in [-0.1, -0.05) is 0 Å². The highest BCUT2D eigenvalue weighted by atomic mass is 16.6. The average molecular weight is 270 g/mol. The number of amides is 1. The van der Waals surface area contributed by atoms with Crippen molar-refractivity contribution in [1.82, 2.24) is 9.80 Å². The molecule has 110 valence electrons. The molecule has 19 heavy (non-hydrogen) atoms. The summed E-state index contributed by atoms with van der Waals surface area (Å²) in [5.41, 5.74) is 0.219. The number of carbonyl (C=O) groups excluding carboxylic acids is 1. The summed E-state index contributed by atoms with van der Waals surface area (Å²) in [5.74, 6) is 1.18.